The molecule has 45 heavy (non-hydrogen) atoms. The van der Waals surface area contributed by atoms with Gasteiger partial charge < -0.3 is 39.4 Å². The maximum Gasteiger partial charge on any atom is 0.342 e. The molecule has 2 aromatic heterocycles. The number of anilines is 1. The normalized spacial score (nSPS) is 25.7. The molecule has 8 atom stereocenters. The smallest absolute Gasteiger partial charge is 0.342 e. The van der Waals surface area contributed by atoms with Gasteiger partial charge in [-0.2, -0.15) is 9.97 Å². The van der Waals surface area contributed by atoms with E-state index in [0.29, 0.717) is 16.7 Å². The van der Waals surface area contributed by atoms with E-state index < -0.39 is 62.3 Å². The summed E-state index contributed by atoms with van der Waals surface area (Å²) in [5, 5.41) is 27.8. The highest BCUT2D eigenvalue weighted by atomic mass is 127. The lowest BCUT2D eigenvalue weighted by Gasteiger charge is -2.28. The van der Waals surface area contributed by atoms with Crippen LogP contribution in [0.15, 0.2) is 0 Å². The number of aromatic nitrogens is 4. The van der Waals surface area contributed by atoms with Crippen molar-refractivity contribution < 1.29 is 47.8 Å². The van der Waals surface area contributed by atoms with Crippen LogP contribution in [0.4, 0.5) is 5.95 Å². The minimum Gasteiger partial charge on any atom is -0.479 e. The topological polar surface area (TPSA) is 232 Å². The minimum atomic E-state index is -4.26. The number of ether oxygens (including phenoxy) is 4. The number of imidazole rings is 1. The molecular formula is C26H43IN7O10P. The predicted octanol–water partition coefficient (Wildman–Crippen LogP) is 1.80. The molecule has 3 heterocycles. The van der Waals surface area contributed by atoms with Gasteiger partial charge in [0.15, 0.2) is 21.2 Å². The number of aliphatic hydroxyl groups excluding tert-OH is 1. The Morgan fingerprint density at radius 3 is 2.11 bits per heavy atom. The van der Waals surface area contributed by atoms with E-state index in [9.17, 15) is 24.4 Å². The zero-order chi connectivity index (χ0) is 33.9. The standard InChI is InChI=1S/C26H43IN7O10P/c1-9-12(3)42-21(36)14(5)32-45(39,33-15(6)22(37)43-13(4)10-2)41-11-16-18(35)26(7,38)23(44-16)34-19-17(29-24(34)27)20(40-8)31-25(28)30-19/h12-16,18,23,35,38H,9-11H2,1-8H3,(H2,28,30,31)(H2,32,33,39)/t12?,13?,14-,15-,16+,18+,23+,26+,45?/m0/s1. The van der Waals surface area contributed by atoms with Crippen LogP contribution in [0.25, 0.3) is 11.2 Å². The molecule has 0 aromatic carbocycles. The first-order valence-electron chi connectivity index (χ1n) is 14.5. The van der Waals surface area contributed by atoms with Crippen LogP contribution in [0.2, 0.25) is 0 Å². The van der Waals surface area contributed by atoms with Gasteiger partial charge in [0.2, 0.25) is 11.8 Å². The number of aliphatic hydroxyl groups is 2. The molecule has 19 heteroatoms. The van der Waals surface area contributed by atoms with Crippen LogP contribution in [-0.2, 0) is 32.9 Å². The third-order valence-corrected chi connectivity index (χ3v) is 10.0. The number of fused-ring (bicyclic) bond motifs is 1. The first-order chi connectivity index (χ1) is 21.0. The highest BCUT2D eigenvalue weighted by Crippen LogP contribution is 2.45. The number of nitrogen functional groups attached to an aromatic ring is 1. The molecule has 1 aliphatic heterocycles. The number of carbonyl (C=O) groups is 2. The van der Waals surface area contributed by atoms with Crippen molar-refractivity contribution in [3.63, 3.8) is 0 Å². The number of methoxy groups -OCH3 is 1. The molecule has 6 N–H and O–H groups in total. The first kappa shape index (κ1) is 37.3. The van der Waals surface area contributed by atoms with Gasteiger partial charge in [-0.3, -0.25) is 18.7 Å². The van der Waals surface area contributed by atoms with E-state index in [4.69, 9.17) is 29.2 Å². The van der Waals surface area contributed by atoms with Gasteiger partial charge in [0, 0.05) is 22.6 Å². The van der Waals surface area contributed by atoms with E-state index in [1.165, 1.54) is 32.4 Å². The van der Waals surface area contributed by atoms with Crippen molar-refractivity contribution in [2.24, 2.45) is 0 Å². The Labute approximate surface area is 275 Å². The number of carbonyl (C=O) groups excluding carboxylic acids is 2. The number of halogens is 1. The van der Waals surface area contributed by atoms with E-state index in [1.807, 2.05) is 36.4 Å². The largest absolute Gasteiger partial charge is 0.479 e. The van der Waals surface area contributed by atoms with E-state index in [0.717, 1.165) is 0 Å². The van der Waals surface area contributed by atoms with E-state index >= 15 is 0 Å². The van der Waals surface area contributed by atoms with Gasteiger partial charge in [-0.15, -0.1) is 0 Å². The van der Waals surface area contributed by atoms with E-state index in [1.54, 1.807) is 13.8 Å². The Morgan fingerprint density at radius 1 is 1.09 bits per heavy atom. The molecule has 0 amide bonds. The number of nitrogens with one attached hydrogen (secondary N) is 2. The van der Waals surface area contributed by atoms with Crippen molar-refractivity contribution in [3.8, 4) is 5.88 Å². The van der Waals surface area contributed by atoms with Crippen molar-refractivity contribution in [1.82, 2.24) is 29.7 Å². The molecule has 0 aliphatic carbocycles. The number of esters is 2. The number of rotatable bonds is 15. The third-order valence-electron chi connectivity index (χ3n) is 7.30. The monoisotopic (exact) mass is 771 g/mol. The minimum absolute atomic E-state index is 0.104. The summed E-state index contributed by atoms with van der Waals surface area (Å²) in [6.45, 7) is 10.8. The second-order valence-electron chi connectivity index (χ2n) is 11.1. The fraction of sp³-hybridized carbons (Fsp3) is 0.731. The Kier molecular flexibility index (Phi) is 12.5. The molecule has 3 rings (SSSR count). The lowest BCUT2D eigenvalue weighted by atomic mass is 9.96. The van der Waals surface area contributed by atoms with Crippen LogP contribution in [0.1, 0.15) is 67.5 Å². The van der Waals surface area contributed by atoms with Crippen molar-refractivity contribution in [3.05, 3.63) is 3.83 Å². The van der Waals surface area contributed by atoms with Gasteiger partial charge in [-0.05, 0) is 47.5 Å². The van der Waals surface area contributed by atoms with E-state index in [2.05, 4.69) is 25.1 Å². The van der Waals surface area contributed by atoms with Gasteiger partial charge in [0.05, 0.1) is 25.9 Å². The van der Waals surface area contributed by atoms with Crippen LogP contribution in [0.3, 0.4) is 0 Å². The van der Waals surface area contributed by atoms with Crippen molar-refractivity contribution in [2.75, 3.05) is 19.5 Å². The maximum absolute atomic E-state index is 14.1. The summed E-state index contributed by atoms with van der Waals surface area (Å²) in [5.41, 5.74) is 4.35. The van der Waals surface area contributed by atoms with Gasteiger partial charge in [0.1, 0.15) is 29.9 Å². The molecular weight excluding hydrogens is 728 g/mol. The van der Waals surface area contributed by atoms with Gasteiger partial charge in [0.25, 0.3) is 0 Å². The zero-order valence-electron chi connectivity index (χ0n) is 26.5. The Hall–Kier alpha value is -2.19. The van der Waals surface area contributed by atoms with Gasteiger partial charge >= 0.3 is 19.6 Å². The Morgan fingerprint density at radius 2 is 1.62 bits per heavy atom. The van der Waals surface area contributed by atoms with Crippen molar-refractivity contribution in [1.29, 1.82) is 0 Å². The molecule has 0 bridgehead atoms. The summed E-state index contributed by atoms with van der Waals surface area (Å²) in [5.74, 6) is -1.39. The number of nitrogens with two attached hydrogens (primary N) is 1. The second kappa shape index (κ2) is 15.1. The van der Waals surface area contributed by atoms with E-state index in [-0.39, 0.29) is 35.2 Å². The zero-order valence-corrected chi connectivity index (χ0v) is 29.6. The molecule has 17 nitrogen and oxygen atoms in total. The number of hydrogen-bond donors (Lipinski definition) is 5. The number of nitrogens with zero attached hydrogens (tertiary/aromatic N) is 4. The lowest BCUT2D eigenvalue weighted by Crippen LogP contribution is -2.46. The Balaban J connectivity index is 1.87. The summed E-state index contributed by atoms with van der Waals surface area (Å²) in [7, 11) is -2.87. The lowest BCUT2D eigenvalue weighted by molar-refractivity contribution is -0.150. The summed E-state index contributed by atoms with van der Waals surface area (Å²) < 4.78 is 43.6. The summed E-state index contributed by atoms with van der Waals surface area (Å²) in [6.07, 6.45) is -3.71. The van der Waals surface area contributed by atoms with Crippen LogP contribution >= 0.6 is 30.3 Å². The SMILES string of the molecule is CCC(C)OC(=O)[C@H](C)NP(=O)(N[C@@H](C)C(=O)OC(C)CC)OC[C@H]1O[C@@H](n2c(I)nc3c(OC)nc(N)nc32)[C@](C)(O)[C@@H]1O. The number of hydrogen-bond acceptors (Lipinski definition) is 14. The molecule has 1 aliphatic rings. The summed E-state index contributed by atoms with van der Waals surface area (Å²) >= 11 is 1.90. The highest BCUT2D eigenvalue weighted by molar-refractivity contribution is 14.1. The fourth-order valence-electron chi connectivity index (χ4n) is 4.31. The molecule has 2 aromatic rings. The summed E-state index contributed by atoms with van der Waals surface area (Å²) in [6, 6.07) is -2.25. The second-order valence-corrected chi connectivity index (χ2v) is 13.9. The van der Waals surface area contributed by atoms with Crippen LogP contribution in [0, 0.1) is 3.83 Å². The van der Waals surface area contributed by atoms with Gasteiger partial charge in [-0.25, -0.2) is 15.2 Å². The molecule has 254 valence electrons. The Bertz CT molecular complexity index is 1380. The van der Waals surface area contributed by atoms with Crippen LogP contribution in [0.5, 0.6) is 5.88 Å². The molecule has 0 spiro atoms. The van der Waals surface area contributed by atoms with Crippen LogP contribution in [-0.4, -0.2) is 97.5 Å². The molecule has 0 radical (unpaired) electrons. The first-order valence-corrected chi connectivity index (χ1v) is 17.2. The fourth-order valence-corrected chi connectivity index (χ4v) is 6.85. The average molecular weight is 772 g/mol. The summed E-state index contributed by atoms with van der Waals surface area (Å²) in [4.78, 5) is 38.0. The third kappa shape index (κ3) is 8.59. The van der Waals surface area contributed by atoms with Crippen molar-refractivity contribution in [2.45, 2.75) is 110 Å². The average Bonchev–Trinajstić information content (AvgIpc) is 3.41. The van der Waals surface area contributed by atoms with Gasteiger partial charge in [-0.1, -0.05) is 13.8 Å². The predicted molar refractivity (Wildman–Crippen MR) is 170 cm³/mol. The molecule has 1 saturated heterocycles. The van der Waals surface area contributed by atoms with Crippen molar-refractivity contribution >= 4 is 59.3 Å². The molecule has 1 fully saturated rings. The molecule has 2 unspecified atom stereocenters. The maximum atomic E-state index is 14.1. The molecule has 0 saturated carbocycles. The van der Waals surface area contributed by atoms with Crippen LogP contribution < -0.4 is 20.6 Å². The quantitative estimate of drug-likeness (QED) is 0.0752. The highest BCUT2D eigenvalue weighted by Gasteiger charge is 2.54.